The number of nitrogens with zero attached hydrogens (tertiary/aromatic N) is 3. The molecule has 1 aliphatic heterocycles. The molecule has 2 heterocycles. The molecule has 0 aliphatic carbocycles. The number of pyridine rings is 1. The first-order valence-corrected chi connectivity index (χ1v) is 6.34. The van der Waals surface area contributed by atoms with Crippen LogP contribution in [0.25, 0.3) is 0 Å². The Balaban J connectivity index is 1.68. The lowest BCUT2D eigenvalue weighted by molar-refractivity contribution is 0.113. The van der Waals surface area contributed by atoms with Crippen LogP contribution in [0.15, 0.2) is 24.4 Å². The van der Waals surface area contributed by atoms with E-state index in [1.54, 1.807) is 0 Å². The molecule has 4 heteroatoms. The van der Waals surface area contributed by atoms with Crippen LogP contribution in [0, 0.1) is 0 Å². The SMILES string of the molecule is OCCN1CCN(CCc2ccccn2)CC1. The van der Waals surface area contributed by atoms with Crippen LogP contribution in [0.5, 0.6) is 0 Å². The number of hydrogen-bond acceptors (Lipinski definition) is 4. The minimum Gasteiger partial charge on any atom is -0.395 e. The molecular formula is C13H21N3O. The molecule has 0 amide bonds. The summed E-state index contributed by atoms with van der Waals surface area (Å²) in [6.07, 6.45) is 2.88. The molecule has 0 radical (unpaired) electrons. The van der Waals surface area contributed by atoms with E-state index in [0.717, 1.165) is 45.7 Å². The van der Waals surface area contributed by atoms with Gasteiger partial charge in [-0.2, -0.15) is 0 Å². The first-order chi connectivity index (χ1) is 8.38. The predicted octanol–water partition coefficient (Wildman–Crippen LogP) is 0.234. The largest absolute Gasteiger partial charge is 0.395 e. The van der Waals surface area contributed by atoms with Gasteiger partial charge >= 0.3 is 0 Å². The molecule has 1 aliphatic rings. The first-order valence-electron chi connectivity index (χ1n) is 6.34. The van der Waals surface area contributed by atoms with E-state index in [1.807, 2.05) is 18.3 Å². The Hall–Kier alpha value is -0.970. The van der Waals surface area contributed by atoms with Gasteiger partial charge in [-0.05, 0) is 12.1 Å². The number of piperazine rings is 1. The summed E-state index contributed by atoms with van der Waals surface area (Å²) in [6, 6.07) is 6.08. The highest BCUT2D eigenvalue weighted by Gasteiger charge is 2.15. The maximum absolute atomic E-state index is 8.87. The second kappa shape index (κ2) is 6.69. The summed E-state index contributed by atoms with van der Waals surface area (Å²) in [7, 11) is 0. The molecule has 0 spiro atoms. The van der Waals surface area contributed by atoms with Gasteiger partial charge in [0, 0.05) is 57.6 Å². The Morgan fingerprint density at radius 1 is 1.06 bits per heavy atom. The topological polar surface area (TPSA) is 39.6 Å². The van der Waals surface area contributed by atoms with Gasteiger partial charge in [0.1, 0.15) is 0 Å². The Morgan fingerprint density at radius 3 is 2.35 bits per heavy atom. The van der Waals surface area contributed by atoms with Crippen LogP contribution in [0.3, 0.4) is 0 Å². The summed E-state index contributed by atoms with van der Waals surface area (Å²) in [5.41, 5.74) is 1.17. The molecule has 0 saturated carbocycles. The second-order valence-electron chi connectivity index (χ2n) is 4.48. The molecule has 1 fully saturated rings. The van der Waals surface area contributed by atoms with Crippen molar-refractivity contribution in [1.82, 2.24) is 14.8 Å². The smallest absolute Gasteiger partial charge is 0.0558 e. The molecule has 0 bridgehead atoms. The van der Waals surface area contributed by atoms with E-state index in [2.05, 4.69) is 20.9 Å². The molecule has 1 aromatic rings. The zero-order valence-electron chi connectivity index (χ0n) is 10.3. The fourth-order valence-corrected chi connectivity index (χ4v) is 2.20. The van der Waals surface area contributed by atoms with Gasteiger partial charge < -0.3 is 10.0 Å². The third kappa shape index (κ3) is 4.07. The second-order valence-corrected chi connectivity index (χ2v) is 4.48. The molecule has 1 N–H and O–H groups in total. The van der Waals surface area contributed by atoms with Gasteiger partial charge in [0.2, 0.25) is 0 Å². The van der Waals surface area contributed by atoms with E-state index >= 15 is 0 Å². The molecule has 0 unspecified atom stereocenters. The average Bonchev–Trinajstić information content (AvgIpc) is 2.40. The zero-order chi connectivity index (χ0) is 11.9. The van der Waals surface area contributed by atoms with Crippen molar-refractivity contribution in [3.05, 3.63) is 30.1 Å². The van der Waals surface area contributed by atoms with Gasteiger partial charge in [-0.15, -0.1) is 0 Å². The number of rotatable bonds is 5. The van der Waals surface area contributed by atoms with Crippen LogP contribution < -0.4 is 0 Å². The maximum atomic E-state index is 8.87. The normalized spacial score (nSPS) is 18.4. The minimum absolute atomic E-state index is 0.272. The molecule has 2 rings (SSSR count). The van der Waals surface area contributed by atoms with Gasteiger partial charge in [-0.1, -0.05) is 6.07 Å². The van der Waals surface area contributed by atoms with E-state index in [1.165, 1.54) is 5.69 Å². The minimum atomic E-state index is 0.272. The van der Waals surface area contributed by atoms with Crippen molar-refractivity contribution in [2.24, 2.45) is 0 Å². The van der Waals surface area contributed by atoms with Crippen LogP contribution in [0.2, 0.25) is 0 Å². The van der Waals surface area contributed by atoms with E-state index in [9.17, 15) is 0 Å². The van der Waals surface area contributed by atoms with Crippen molar-refractivity contribution in [2.75, 3.05) is 45.9 Å². The predicted molar refractivity (Wildman–Crippen MR) is 67.9 cm³/mol. The number of β-amino-alcohol motifs (C(OH)–C–C–N with tert-alkyl or cyclic N) is 1. The van der Waals surface area contributed by atoms with Gasteiger partial charge in [0.25, 0.3) is 0 Å². The van der Waals surface area contributed by atoms with Crippen molar-refractivity contribution in [3.8, 4) is 0 Å². The molecular weight excluding hydrogens is 214 g/mol. The lowest BCUT2D eigenvalue weighted by Gasteiger charge is -2.34. The molecule has 0 atom stereocenters. The fraction of sp³-hybridized carbons (Fsp3) is 0.615. The Bertz CT molecular complexity index is 310. The summed E-state index contributed by atoms with van der Waals surface area (Å²) in [5.74, 6) is 0. The summed E-state index contributed by atoms with van der Waals surface area (Å²) < 4.78 is 0. The molecule has 1 aromatic heterocycles. The van der Waals surface area contributed by atoms with Gasteiger partial charge in [-0.25, -0.2) is 0 Å². The van der Waals surface area contributed by atoms with Crippen LogP contribution in [0.4, 0.5) is 0 Å². The summed E-state index contributed by atoms with van der Waals surface area (Å²) in [5, 5.41) is 8.87. The first kappa shape index (κ1) is 12.5. The van der Waals surface area contributed by atoms with Crippen molar-refractivity contribution in [1.29, 1.82) is 0 Å². The molecule has 1 saturated heterocycles. The number of aliphatic hydroxyl groups is 1. The maximum Gasteiger partial charge on any atom is 0.0558 e. The molecule has 4 nitrogen and oxygen atoms in total. The standard InChI is InChI=1S/C13H21N3O/c17-12-11-16-9-7-15(8-10-16)6-4-13-3-1-2-5-14-13/h1-3,5,17H,4,6-12H2. The van der Waals surface area contributed by atoms with Crippen LogP contribution in [-0.4, -0.2) is 65.8 Å². The highest BCUT2D eigenvalue weighted by atomic mass is 16.3. The number of hydrogen-bond donors (Lipinski definition) is 1. The van der Waals surface area contributed by atoms with Gasteiger partial charge in [0.15, 0.2) is 0 Å². The number of aliphatic hydroxyl groups excluding tert-OH is 1. The fourth-order valence-electron chi connectivity index (χ4n) is 2.20. The third-order valence-electron chi connectivity index (χ3n) is 3.29. The highest BCUT2D eigenvalue weighted by Crippen LogP contribution is 2.03. The Labute approximate surface area is 103 Å². The van der Waals surface area contributed by atoms with E-state index in [-0.39, 0.29) is 6.61 Å². The average molecular weight is 235 g/mol. The molecule has 94 valence electrons. The van der Waals surface area contributed by atoms with E-state index < -0.39 is 0 Å². The lowest BCUT2D eigenvalue weighted by Crippen LogP contribution is -2.47. The molecule has 17 heavy (non-hydrogen) atoms. The lowest BCUT2D eigenvalue weighted by atomic mass is 10.2. The van der Waals surface area contributed by atoms with Gasteiger partial charge in [-0.3, -0.25) is 9.88 Å². The van der Waals surface area contributed by atoms with Crippen molar-refractivity contribution < 1.29 is 5.11 Å². The monoisotopic (exact) mass is 235 g/mol. The van der Waals surface area contributed by atoms with Crippen LogP contribution in [-0.2, 0) is 6.42 Å². The summed E-state index contributed by atoms with van der Waals surface area (Å²) in [4.78, 5) is 9.13. The summed E-state index contributed by atoms with van der Waals surface area (Å²) >= 11 is 0. The van der Waals surface area contributed by atoms with Crippen LogP contribution in [0.1, 0.15) is 5.69 Å². The van der Waals surface area contributed by atoms with E-state index in [0.29, 0.717) is 0 Å². The van der Waals surface area contributed by atoms with Crippen molar-refractivity contribution in [2.45, 2.75) is 6.42 Å². The Kier molecular flexibility index (Phi) is 4.91. The molecule has 0 aromatic carbocycles. The van der Waals surface area contributed by atoms with Crippen molar-refractivity contribution in [3.63, 3.8) is 0 Å². The third-order valence-corrected chi connectivity index (χ3v) is 3.29. The highest BCUT2D eigenvalue weighted by molar-refractivity contribution is 5.03. The zero-order valence-corrected chi connectivity index (χ0v) is 10.3. The van der Waals surface area contributed by atoms with Gasteiger partial charge in [0.05, 0.1) is 6.61 Å². The van der Waals surface area contributed by atoms with E-state index in [4.69, 9.17) is 5.11 Å². The quantitative estimate of drug-likeness (QED) is 0.793. The van der Waals surface area contributed by atoms with Crippen molar-refractivity contribution >= 4 is 0 Å². The summed E-state index contributed by atoms with van der Waals surface area (Å²) in [6.45, 7) is 6.53. The van der Waals surface area contributed by atoms with Crippen LogP contribution >= 0.6 is 0 Å². The Morgan fingerprint density at radius 2 is 1.76 bits per heavy atom. The number of aromatic nitrogens is 1.